The lowest BCUT2D eigenvalue weighted by Crippen LogP contribution is -2.07. The molecule has 0 aliphatic carbocycles. The van der Waals surface area contributed by atoms with Gasteiger partial charge in [-0.3, -0.25) is 4.79 Å². The van der Waals surface area contributed by atoms with Gasteiger partial charge in [0.2, 0.25) is 5.16 Å². The fourth-order valence-corrected chi connectivity index (χ4v) is 3.34. The number of halogens is 1. The van der Waals surface area contributed by atoms with Crippen LogP contribution < -0.4 is 4.74 Å². The van der Waals surface area contributed by atoms with Crippen molar-refractivity contribution in [3.63, 3.8) is 0 Å². The van der Waals surface area contributed by atoms with Gasteiger partial charge in [0.25, 0.3) is 0 Å². The second-order valence-electron chi connectivity index (χ2n) is 5.72. The Balaban J connectivity index is 1.80. The van der Waals surface area contributed by atoms with Crippen LogP contribution in [0.25, 0.3) is 5.69 Å². The molecule has 8 heteroatoms. The smallest absolute Gasteiger partial charge is 0.214 e. The third-order valence-corrected chi connectivity index (χ3v) is 4.73. The van der Waals surface area contributed by atoms with Crippen LogP contribution in [0.4, 0.5) is 4.39 Å². The van der Waals surface area contributed by atoms with E-state index in [0.29, 0.717) is 10.9 Å². The molecule has 0 fully saturated rings. The predicted octanol–water partition coefficient (Wildman–Crippen LogP) is 3.40. The van der Waals surface area contributed by atoms with E-state index in [2.05, 4.69) is 15.5 Å². The molecule has 134 valence electrons. The fourth-order valence-electron chi connectivity index (χ4n) is 2.57. The van der Waals surface area contributed by atoms with Crippen LogP contribution in [-0.2, 0) is 0 Å². The molecule has 26 heavy (non-hydrogen) atoms. The zero-order valence-corrected chi connectivity index (χ0v) is 15.4. The van der Waals surface area contributed by atoms with E-state index in [1.165, 1.54) is 37.1 Å². The van der Waals surface area contributed by atoms with Crippen LogP contribution in [-0.4, -0.2) is 38.9 Å². The molecule has 0 aliphatic heterocycles. The highest BCUT2D eigenvalue weighted by Crippen LogP contribution is 2.25. The third kappa shape index (κ3) is 3.75. The van der Waals surface area contributed by atoms with Gasteiger partial charge in [0.15, 0.2) is 5.78 Å². The van der Waals surface area contributed by atoms with Gasteiger partial charge in [0.05, 0.1) is 24.1 Å². The van der Waals surface area contributed by atoms with Gasteiger partial charge in [-0.2, -0.15) is 4.68 Å². The first-order chi connectivity index (χ1) is 12.5. The highest BCUT2D eigenvalue weighted by Gasteiger charge is 2.17. The van der Waals surface area contributed by atoms with Crippen LogP contribution in [0.1, 0.15) is 21.5 Å². The van der Waals surface area contributed by atoms with E-state index in [9.17, 15) is 9.18 Å². The van der Waals surface area contributed by atoms with Crippen molar-refractivity contribution in [2.24, 2.45) is 0 Å². The van der Waals surface area contributed by atoms with E-state index in [4.69, 9.17) is 4.74 Å². The van der Waals surface area contributed by atoms with Crippen molar-refractivity contribution in [2.75, 3.05) is 12.9 Å². The molecule has 0 atom stereocenters. The quantitative estimate of drug-likeness (QED) is 0.488. The van der Waals surface area contributed by atoms with Crippen molar-refractivity contribution >= 4 is 17.5 Å². The zero-order chi connectivity index (χ0) is 18.7. The maximum atomic E-state index is 13.5. The minimum absolute atomic E-state index is 0.0606. The number of aromatic nitrogens is 4. The summed E-state index contributed by atoms with van der Waals surface area (Å²) in [5.41, 5.74) is 3.21. The molecule has 0 amide bonds. The van der Waals surface area contributed by atoms with Crippen LogP contribution in [0.3, 0.4) is 0 Å². The highest BCUT2D eigenvalue weighted by molar-refractivity contribution is 7.99. The summed E-state index contributed by atoms with van der Waals surface area (Å²) in [6.45, 7) is 3.98. The van der Waals surface area contributed by atoms with Crippen molar-refractivity contribution in [2.45, 2.75) is 19.0 Å². The van der Waals surface area contributed by atoms with Crippen molar-refractivity contribution in [1.29, 1.82) is 0 Å². The maximum Gasteiger partial charge on any atom is 0.214 e. The number of thioether (sulfide) groups is 1. The molecule has 6 nitrogen and oxygen atoms in total. The van der Waals surface area contributed by atoms with Crippen LogP contribution in [0, 0.1) is 19.7 Å². The largest absolute Gasteiger partial charge is 0.496 e. The molecule has 0 N–H and O–H groups in total. The lowest BCUT2D eigenvalue weighted by molar-refractivity contribution is 0.101. The summed E-state index contributed by atoms with van der Waals surface area (Å²) in [5.74, 6) is -0.350. The number of carbonyl (C=O) groups is 1. The normalized spacial score (nSPS) is 10.8. The number of nitrogens with zero attached hydrogens (tertiary/aromatic N) is 4. The molecule has 0 radical (unpaired) electrons. The Morgan fingerprint density at radius 3 is 2.77 bits per heavy atom. The molecule has 1 heterocycles. The summed E-state index contributed by atoms with van der Waals surface area (Å²) in [5, 5.41) is 12.2. The first kappa shape index (κ1) is 18.1. The summed E-state index contributed by atoms with van der Waals surface area (Å²) in [6, 6.07) is 9.81. The second-order valence-corrected chi connectivity index (χ2v) is 6.66. The highest BCUT2D eigenvalue weighted by atomic mass is 32.2. The van der Waals surface area contributed by atoms with E-state index in [1.807, 2.05) is 32.0 Å². The molecule has 0 spiro atoms. The fraction of sp³-hybridized carbons (Fsp3) is 0.222. The second kappa shape index (κ2) is 7.65. The summed E-state index contributed by atoms with van der Waals surface area (Å²) >= 11 is 1.19. The third-order valence-electron chi connectivity index (χ3n) is 3.82. The van der Waals surface area contributed by atoms with Gasteiger partial charge in [-0.15, -0.1) is 5.10 Å². The number of ketones is 1. The summed E-state index contributed by atoms with van der Waals surface area (Å²) in [7, 11) is 1.44. The molecule has 3 rings (SSSR count). The molecule has 0 saturated carbocycles. The average molecular weight is 372 g/mol. The Kier molecular flexibility index (Phi) is 5.32. The Morgan fingerprint density at radius 2 is 2.04 bits per heavy atom. The van der Waals surface area contributed by atoms with E-state index < -0.39 is 5.82 Å². The van der Waals surface area contributed by atoms with Gasteiger partial charge in [0, 0.05) is 0 Å². The number of methoxy groups -OCH3 is 1. The molecule has 0 aliphatic rings. The van der Waals surface area contributed by atoms with Crippen molar-refractivity contribution in [1.82, 2.24) is 20.2 Å². The van der Waals surface area contributed by atoms with Crippen LogP contribution in [0.2, 0.25) is 0 Å². The number of rotatable bonds is 6. The number of carbonyl (C=O) groups excluding carboxylic acids is 1. The number of tetrazole rings is 1. The van der Waals surface area contributed by atoms with Gasteiger partial charge in [0.1, 0.15) is 11.6 Å². The van der Waals surface area contributed by atoms with E-state index in [0.717, 1.165) is 16.8 Å². The molecular formula is C18H17FN4O2S. The van der Waals surface area contributed by atoms with Gasteiger partial charge < -0.3 is 4.74 Å². The van der Waals surface area contributed by atoms with Gasteiger partial charge in [-0.1, -0.05) is 29.5 Å². The standard InChI is InChI=1S/C18H17FN4O2S/c1-11-4-6-15(12(2)8-11)23-18(20-21-22-23)26-10-16(24)14-9-13(19)5-7-17(14)25-3/h4-9H,10H2,1-3H3. The average Bonchev–Trinajstić information content (AvgIpc) is 3.08. The Hall–Kier alpha value is -2.74. The molecule has 2 aromatic carbocycles. The number of benzene rings is 2. The number of Topliss-reactive ketones (excluding diaryl/α,β-unsaturated/α-hetero) is 1. The monoisotopic (exact) mass is 372 g/mol. The Labute approximate surface area is 154 Å². The number of hydrogen-bond donors (Lipinski definition) is 0. The Morgan fingerprint density at radius 1 is 1.23 bits per heavy atom. The predicted molar refractivity (Wildman–Crippen MR) is 96.6 cm³/mol. The van der Waals surface area contributed by atoms with Crippen LogP contribution >= 0.6 is 11.8 Å². The summed E-state index contributed by atoms with van der Waals surface area (Å²) in [6.07, 6.45) is 0. The SMILES string of the molecule is COc1ccc(F)cc1C(=O)CSc1nnnn1-c1ccc(C)cc1C. The number of ether oxygens (including phenoxy) is 1. The maximum absolute atomic E-state index is 13.5. The molecule has 0 saturated heterocycles. The summed E-state index contributed by atoms with van der Waals surface area (Å²) < 4.78 is 20.2. The number of aryl methyl sites for hydroxylation is 2. The zero-order valence-electron chi connectivity index (χ0n) is 14.6. The van der Waals surface area contributed by atoms with Crippen molar-refractivity contribution in [3.05, 3.63) is 58.9 Å². The van der Waals surface area contributed by atoms with E-state index >= 15 is 0 Å². The van der Waals surface area contributed by atoms with Crippen LogP contribution in [0.15, 0.2) is 41.6 Å². The van der Waals surface area contributed by atoms with Gasteiger partial charge in [-0.25, -0.2) is 4.39 Å². The molecule has 1 aromatic heterocycles. The summed E-state index contributed by atoms with van der Waals surface area (Å²) in [4.78, 5) is 12.5. The van der Waals surface area contributed by atoms with Gasteiger partial charge >= 0.3 is 0 Å². The topological polar surface area (TPSA) is 69.9 Å². The lowest BCUT2D eigenvalue weighted by atomic mass is 10.1. The van der Waals surface area contributed by atoms with E-state index in [1.54, 1.807) is 4.68 Å². The van der Waals surface area contributed by atoms with Crippen molar-refractivity contribution < 1.29 is 13.9 Å². The molecular weight excluding hydrogens is 355 g/mol. The molecule has 0 bridgehead atoms. The van der Waals surface area contributed by atoms with Crippen LogP contribution in [0.5, 0.6) is 5.75 Å². The lowest BCUT2D eigenvalue weighted by Gasteiger charge is -2.09. The molecule has 3 aromatic rings. The first-order valence-corrected chi connectivity index (χ1v) is 8.83. The first-order valence-electron chi connectivity index (χ1n) is 7.85. The van der Waals surface area contributed by atoms with Crippen molar-refractivity contribution in [3.8, 4) is 11.4 Å². The number of hydrogen-bond acceptors (Lipinski definition) is 6. The van der Waals surface area contributed by atoms with E-state index in [-0.39, 0.29) is 17.1 Å². The molecule has 0 unspecified atom stereocenters. The Bertz CT molecular complexity index is 958. The minimum atomic E-state index is -0.487. The van der Waals surface area contributed by atoms with Gasteiger partial charge in [-0.05, 0) is 54.1 Å². The minimum Gasteiger partial charge on any atom is -0.496 e.